The van der Waals surface area contributed by atoms with Gasteiger partial charge in [-0.25, -0.2) is 0 Å². The third-order valence-electron chi connectivity index (χ3n) is 10.1. The lowest BCUT2D eigenvalue weighted by Crippen LogP contribution is -2.52. The minimum atomic E-state index is -0.253. The summed E-state index contributed by atoms with van der Waals surface area (Å²) < 4.78 is 0. The van der Waals surface area contributed by atoms with Crippen LogP contribution in [0.15, 0.2) is 6.20 Å². The van der Waals surface area contributed by atoms with Gasteiger partial charge in [0.05, 0.1) is 17.0 Å². The van der Waals surface area contributed by atoms with Crippen molar-refractivity contribution >= 4 is 23.6 Å². The van der Waals surface area contributed by atoms with E-state index in [-0.39, 0.29) is 28.6 Å². The molecular weight excluding hydrogens is 402 g/mol. The Balaban J connectivity index is 1.06. The van der Waals surface area contributed by atoms with Crippen LogP contribution in [0.3, 0.4) is 0 Å². The van der Waals surface area contributed by atoms with Gasteiger partial charge in [-0.15, -0.1) is 5.10 Å². The molecule has 170 valence electrons. The molecule has 8 saturated carbocycles. The molecule has 0 spiro atoms. The molecule has 7 heteroatoms. The average molecular weight is 436 g/mol. The lowest BCUT2D eigenvalue weighted by atomic mass is 9.49. The Hall–Kier alpha value is -2.05. The van der Waals surface area contributed by atoms with Crippen LogP contribution < -0.4 is 10.6 Å². The van der Waals surface area contributed by atoms with Gasteiger partial charge in [-0.1, -0.05) is 0 Å². The molecule has 0 aromatic carbocycles. The van der Waals surface area contributed by atoms with E-state index in [0.29, 0.717) is 41.3 Å². The zero-order valence-corrected chi connectivity index (χ0v) is 18.7. The van der Waals surface area contributed by atoms with E-state index in [1.165, 1.54) is 44.7 Å². The van der Waals surface area contributed by atoms with Gasteiger partial charge in [0.25, 0.3) is 5.95 Å². The van der Waals surface area contributed by atoms with Crippen molar-refractivity contribution in [1.29, 1.82) is 0 Å². The van der Waals surface area contributed by atoms with Crippen LogP contribution in [0.5, 0.6) is 0 Å². The second-order valence-corrected chi connectivity index (χ2v) is 12.5. The van der Waals surface area contributed by atoms with Crippen molar-refractivity contribution in [2.45, 2.75) is 77.0 Å². The van der Waals surface area contributed by atoms with Gasteiger partial charge in [-0.3, -0.25) is 14.9 Å². The minimum Gasteiger partial charge on any atom is -0.309 e. The minimum absolute atomic E-state index is 0.0583. The van der Waals surface area contributed by atoms with Gasteiger partial charge >= 0.3 is 0 Å². The highest BCUT2D eigenvalue weighted by atomic mass is 16.2. The quantitative estimate of drug-likeness (QED) is 0.739. The number of anilines is 2. The smallest absolute Gasteiger partial charge is 0.251 e. The predicted molar refractivity (Wildman–Crippen MR) is 118 cm³/mol. The van der Waals surface area contributed by atoms with E-state index in [1.54, 1.807) is 0 Å². The van der Waals surface area contributed by atoms with Gasteiger partial charge in [-0.05, 0) is 113 Å². The molecule has 9 rings (SSSR count). The lowest BCUT2D eigenvalue weighted by Gasteiger charge is -2.55. The maximum atomic E-state index is 13.3. The largest absolute Gasteiger partial charge is 0.309 e. The van der Waals surface area contributed by atoms with Crippen molar-refractivity contribution in [2.24, 2.45) is 46.3 Å². The van der Waals surface area contributed by atoms with Crippen LogP contribution in [0, 0.1) is 46.3 Å². The summed E-state index contributed by atoms with van der Waals surface area (Å²) in [4.78, 5) is 31.1. The second kappa shape index (κ2) is 6.73. The molecule has 1 aromatic heterocycles. The van der Waals surface area contributed by atoms with E-state index >= 15 is 0 Å². The fourth-order valence-corrected chi connectivity index (χ4v) is 9.68. The molecule has 8 aliphatic rings. The maximum absolute atomic E-state index is 13.3. The Morgan fingerprint density at radius 1 is 0.688 bits per heavy atom. The van der Waals surface area contributed by atoms with Gasteiger partial charge in [0.15, 0.2) is 5.82 Å². The topological polar surface area (TPSA) is 96.9 Å². The van der Waals surface area contributed by atoms with E-state index < -0.39 is 0 Å². The van der Waals surface area contributed by atoms with Crippen molar-refractivity contribution < 1.29 is 9.59 Å². The van der Waals surface area contributed by atoms with Crippen LogP contribution >= 0.6 is 0 Å². The summed E-state index contributed by atoms with van der Waals surface area (Å²) in [5.41, 5.74) is -0.487. The number of hydrogen-bond acceptors (Lipinski definition) is 5. The highest BCUT2D eigenvalue weighted by Crippen LogP contribution is 2.61. The van der Waals surface area contributed by atoms with Gasteiger partial charge in [0.2, 0.25) is 11.8 Å². The molecule has 8 fully saturated rings. The first kappa shape index (κ1) is 19.4. The fourth-order valence-electron chi connectivity index (χ4n) is 9.68. The number of aromatic nitrogens is 3. The first-order chi connectivity index (χ1) is 15.5. The summed E-state index contributed by atoms with van der Waals surface area (Å²) in [5.74, 6) is 5.03. The van der Waals surface area contributed by atoms with Crippen LogP contribution in [0.25, 0.3) is 0 Å². The summed E-state index contributed by atoms with van der Waals surface area (Å²) in [6, 6.07) is 0. The van der Waals surface area contributed by atoms with Crippen LogP contribution in [-0.2, 0) is 9.59 Å². The summed E-state index contributed by atoms with van der Waals surface area (Å²) in [6.07, 6.45) is 15.4. The molecule has 7 nitrogen and oxygen atoms in total. The SMILES string of the molecule is O=C(Nc1cnnc(NC(=O)C23CC4CC(CC(C4)C2)C3)n1)C12CC3CC(CC(C3)C1)C2. The molecule has 0 atom stereocenters. The van der Waals surface area contributed by atoms with Gasteiger partial charge in [0, 0.05) is 0 Å². The molecular formula is C25H33N5O2. The molecule has 2 N–H and O–H groups in total. The monoisotopic (exact) mass is 435 g/mol. The van der Waals surface area contributed by atoms with Gasteiger partial charge in [0.1, 0.15) is 0 Å². The number of nitrogens with one attached hydrogen (secondary N) is 2. The van der Waals surface area contributed by atoms with Gasteiger partial charge in [-0.2, -0.15) is 10.1 Å². The van der Waals surface area contributed by atoms with Crippen LogP contribution in [0.4, 0.5) is 11.8 Å². The number of nitrogens with zero attached hydrogens (tertiary/aromatic N) is 3. The number of amides is 2. The van der Waals surface area contributed by atoms with Crippen molar-refractivity contribution in [3.8, 4) is 0 Å². The Morgan fingerprint density at radius 2 is 1.09 bits per heavy atom. The Morgan fingerprint density at radius 3 is 1.53 bits per heavy atom. The van der Waals surface area contributed by atoms with Crippen molar-refractivity contribution in [3.05, 3.63) is 6.20 Å². The summed E-state index contributed by atoms with van der Waals surface area (Å²) >= 11 is 0. The van der Waals surface area contributed by atoms with Crippen molar-refractivity contribution in [3.63, 3.8) is 0 Å². The Bertz CT molecular complexity index is 831. The molecule has 0 radical (unpaired) electrons. The first-order valence-corrected chi connectivity index (χ1v) is 12.8. The Labute approximate surface area is 188 Å². The van der Waals surface area contributed by atoms with E-state index in [9.17, 15) is 9.59 Å². The van der Waals surface area contributed by atoms with E-state index in [4.69, 9.17) is 0 Å². The third-order valence-corrected chi connectivity index (χ3v) is 10.1. The van der Waals surface area contributed by atoms with Crippen LogP contribution in [-0.4, -0.2) is 27.0 Å². The average Bonchev–Trinajstić information content (AvgIpc) is 2.72. The second-order valence-electron chi connectivity index (χ2n) is 12.5. The summed E-state index contributed by atoms with van der Waals surface area (Å²) in [6.45, 7) is 0. The van der Waals surface area contributed by atoms with E-state index in [2.05, 4.69) is 25.8 Å². The number of carbonyl (C=O) groups is 2. The molecule has 8 bridgehead atoms. The van der Waals surface area contributed by atoms with Crippen molar-refractivity contribution in [1.82, 2.24) is 15.2 Å². The highest BCUT2D eigenvalue weighted by Gasteiger charge is 2.56. The summed E-state index contributed by atoms with van der Waals surface area (Å²) in [5, 5.41) is 14.1. The number of carbonyl (C=O) groups excluding carboxylic acids is 2. The molecule has 1 heterocycles. The normalized spacial score (nSPS) is 45.1. The van der Waals surface area contributed by atoms with Gasteiger partial charge < -0.3 is 5.32 Å². The molecule has 0 saturated heterocycles. The number of rotatable bonds is 4. The molecule has 32 heavy (non-hydrogen) atoms. The zero-order chi connectivity index (χ0) is 21.5. The predicted octanol–water partition coefficient (Wildman–Crippen LogP) is 4.18. The van der Waals surface area contributed by atoms with Crippen LogP contribution in [0.2, 0.25) is 0 Å². The van der Waals surface area contributed by atoms with Crippen LogP contribution in [0.1, 0.15) is 77.0 Å². The highest BCUT2D eigenvalue weighted by molar-refractivity contribution is 5.96. The zero-order valence-electron chi connectivity index (χ0n) is 18.7. The first-order valence-electron chi connectivity index (χ1n) is 12.8. The Kier molecular flexibility index (Phi) is 4.09. The molecule has 0 aliphatic heterocycles. The summed E-state index contributed by atoms with van der Waals surface area (Å²) in [7, 11) is 0. The standard InChI is InChI=1S/C25H33N5O2/c31-21(24-7-14-1-15(8-24)3-16(2-14)9-24)27-20-13-26-30-23(28-20)29-22(32)25-10-17-4-18(11-25)6-19(5-17)12-25/h13-19H,1-12H2,(H2,27,28,29,30,31,32). The third kappa shape index (κ3) is 3.02. The number of hydrogen-bond donors (Lipinski definition) is 2. The lowest BCUT2D eigenvalue weighted by molar-refractivity contribution is -0.140. The molecule has 0 unspecified atom stereocenters. The maximum Gasteiger partial charge on any atom is 0.251 e. The molecule has 1 aromatic rings. The molecule has 8 aliphatic carbocycles. The van der Waals surface area contributed by atoms with E-state index in [0.717, 1.165) is 38.5 Å². The van der Waals surface area contributed by atoms with Crippen molar-refractivity contribution in [2.75, 3.05) is 10.6 Å². The fraction of sp³-hybridized carbons (Fsp3) is 0.800. The molecule has 2 amide bonds. The van der Waals surface area contributed by atoms with E-state index in [1.807, 2.05) is 0 Å².